The number of carbonyl (C=O) groups is 1. The third-order valence-corrected chi connectivity index (χ3v) is 3.60. The summed E-state index contributed by atoms with van der Waals surface area (Å²) >= 11 is 0. The minimum absolute atomic E-state index is 0.138. The molecule has 1 amide bonds. The van der Waals surface area contributed by atoms with Gasteiger partial charge in [-0.2, -0.15) is 0 Å². The van der Waals surface area contributed by atoms with Gasteiger partial charge in [-0.25, -0.2) is 0 Å². The molecular weight excluding hydrogens is 230 g/mol. The number of likely N-dealkylation sites (tertiary alicyclic amines) is 1. The van der Waals surface area contributed by atoms with Crippen molar-refractivity contribution >= 4 is 5.91 Å². The van der Waals surface area contributed by atoms with Gasteiger partial charge in [-0.1, -0.05) is 0 Å². The summed E-state index contributed by atoms with van der Waals surface area (Å²) in [5.41, 5.74) is 0. The summed E-state index contributed by atoms with van der Waals surface area (Å²) in [6.45, 7) is 6.64. The first kappa shape index (κ1) is 13.8. The Balaban J connectivity index is 1.48. The van der Waals surface area contributed by atoms with Gasteiger partial charge in [-0.3, -0.25) is 4.79 Å². The Kier molecular flexibility index (Phi) is 5.90. The summed E-state index contributed by atoms with van der Waals surface area (Å²) in [6, 6.07) is 0.192. The van der Waals surface area contributed by atoms with E-state index in [1.165, 1.54) is 25.9 Å². The van der Waals surface area contributed by atoms with Crippen molar-refractivity contribution in [2.24, 2.45) is 0 Å². The Hall–Kier alpha value is -0.650. The molecule has 2 aliphatic rings. The van der Waals surface area contributed by atoms with Gasteiger partial charge in [0.2, 0.25) is 5.91 Å². The molecule has 2 saturated heterocycles. The normalized spacial score (nSPS) is 25.2. The molecule has 0 aromatic carbocycles. The number of ether oxygens (including phenoxy) is 1. The zero-order chi connectivity index (χ0) is 12.6. The number of carbonyl (C=O) groups excluding carboxylic acids is 1. The van der Waals surface area contributed by atoms with Crippen molar-refractivity contribution in [1.29, 1.82) is 0 Å². The van der Waals surface area contributed by atoms with Gasteiger partial charge >= 0.3 is 0 Å². The number of nitrogens with zero attached hydrogens (tertiary/aromatic N) is 1. The molecule has 18 heavy (non-hydrogen) atoms. The van der Waals surface area contributed by atoms with E-state index in [0.29, 0.717) is 13.0 Å². The lowest BCUT2D eigenvalue weighted by Crippen LogP contribution is -2.44. The van der Waals surface area contributed by atoms with E-state index in [2.05, 4.69) is 15.5 Å². The summed E-state index contributed by atoms with van der Waals surface area (Å²) in [5, 5.41) is 6.28. The Morgan fingerprint density at radius 2 is 2.22 bits per heavy atom. The molecule has 1 atom stereocenters. The van der Waals surface area contributed by atoms with Gasteiger partial charge < -0.3 is 20.3 Å². The van der Waals surface area contributed by atoms with Gasteiger partial charge in [0.15, 0.2) is 0 Å². The molecule has 0 aromatic rings. The fourth-order valence-corrected chi connectivity index (χ4v) is 2.58. The second-order valence-electron chi connectivity index (χ2n) is 5.18. The van der Waals surface area contributed by atoms with E-state index < -0.39 is 0 Å². The molecule has 5 nitrogen and oxygen atoms in total. The van der Waals surface area contributed by atoms with Crippen LogP contribution in [0.4, 0.5) is 0 Å². The molecule has 0 saturated carbocycles. The summed E-state index contributed by atoms with van der Waals surface area (Å²) in [6.07, 6.45) is 4.25. The van der Waals surface area contributed by atoms with Crippen LogP contribution in [0.15, 0.2) is 0 Å². The highest BCUT2D eigenvalue weighted by molar-refractivity contribution is 5.76. The van der Waals surface area contributed by atoms with Crippen molar-refractivity contribution in [3.8, 4) is 0 Å². The largest absolute Gasteiger partial charge is 0.378 e. The molecule has 104 valence electrons. The second-order valence-corrected chi connectivity index (χ2v) is 5.18. The Labute approximate surface area is 109 Å². The van der Waals surface area contributed by atoms with E-state index >= 15 is 0 Å². The van der Waals surface area contributed by atoms with Crippen LogP contribution in [0.1, 0.15) is 25.7 Å². The molecule has 0 bridgehead atoms. The standard InChI is InChI=1S/C13H25N3O2/c17-13(10-12-11-18-9-5-14-12)15-4-3-8-16-6-1-2-7-16/h12,14H,1-11H2,(H,15,17). The van der Waals surface area contributed by atoms with Crippen LogP contribution in [-0.4, -0.2) is 62.8 Å². The molecular formula is C13H25N3O2. The first-order valence-electron chi connectivity index (χ1n) is 7.15. The first-order valence-corrected chi connectivity index (χ1v) is 7.15. The zero-order valence-corrected chi connectivity index (χ0v) is 11.1. The Bertz CT molecular complexity index is 249. The van der Waals surface area contributed by atoms with Crippen LogP contribution >= 0.6 is 0 Å². The molecule has 1 unspecified atom stereocenters. The second kappa shape index (κ2) is 7.71. The van der Waals surface area contributed by atoms with Crippen LogP contribution in [-0.2, 0) is 9.53 Å². The number of amides is 1. The van der Waals surface area contributed by atoms with Gasteiger partial charge in [-0.05, 0) is 38.9 Å². The van der Waals surface area contributed by atoms with Gasteiger partial charge in [0, 0.05) is 25.6 Å². The van der Waals surface area contributed by atoms with E-state index in [9.17, 15) is 4.79 Å². The Morgan fingerprint density at radius 1 is 1.39 bits per heavy atom. The average Bonchev–Trinajstić information content (AvgIpc) is 2.89. The smallest absolute Gasteiger partial charge is 0.221 e. The minimum Gasteiger partial charge on any atom is -0.378 e. The quantitative estimate of drug-likeness (QED) is 0.654. The van der Waals surface area contributed by atoms with E-state index in [1.54, 1.807) is 0 Å². The lowest BCUT2D eigenvalue weighted by molar-refractivity contribution is -0.122. The van der Waals surface area contributed by atoms with Crippen molar-refractivity contribution in [3.63, 3.8) is 0 Å². The molecule has 0 radical (unpaired) electrons. The third-order valence-electron chi connectivity index (χ3n) is 3.60. The number of morpholine rings is 1. The predicted octanol–water partition coefficient (Wildman–Crippen LogP) is -0.0330. The molecule has 2 N–H and O–H groups in total. The first-order chi connectivity index (χ1) is 8.84. The fourth-order valence-electron chi connectivity index (χ4n) is 2.58. The van der Waals surface area contributed by atoms with Crippen molar-refractivity contribution in [2.75, 3.05) is 45.9 Å². The summed E-state index contributed by atoms with van der Waals surface area (Å²) in [5.74, 6) is 0.138. The number of hydrogen-bond acceptors (Lipinski definition) is 4. The maximum Gasteiger partial charge on any atom is 0.221 e. The number of rotatable bonds is 6. The number of nitrogens with one attached hydrogen (secondary N) is 2. The van der Waals surface area contributed by atoms with Crippen molar-refractivity contribution < 1.29 is 9.53 Å². The molecule has 0 aromatic heterocycles. The maximum atomic E-state index is 11.7. The highest BCUT2D eigenvalue weighted by atomic mass is 16.5. The van der Waals surface area contributed by atoms with Crippen LogP contribution in [0.2, 0.25) is 0 Å². The molecule has 2 rings (SSSR count). The molecule has 0 aliphatic carbocycles. The van der Waals surface area contributed by atoms with Crippen molar-refractivity contribution in [3.05, 3.63) is 0 Å². The number of hydrogen-bond donors (Lipinski definition) is 2. The third kappa shape index (κ3) is 4.92. The topological polar surface area (TPSA) is 53.6 Å². The highest BCUT2D eigenvalue weighted by Gasteiger charge is 2.16. The lowest BCUT2D eigenvalue weighted by atomic mass is 10.2. The summed E-state index contributed by atoms with van der Waals surface area (Å²) < 4.78 is 5.33. The van der Waals surface area contributed by atoms with Crippen molar-refractivity contribution in [2.45, 2.75) is 31.7 Å². The van der Waals surface area contributed by atoms with Crippen LogP contribution in [0.25, 0.3) is 0 Å². The van der Waals surface area contributed by atoms with Gasteiger partial charge in [0.1, 0.15) is 0 Å². The monoisotopic (exact) mass is 255 g/mol. The minimum atomic E-state index is 0.138. The van der Waals surface area contributed by atoms with E-state index in [4.69, 9.17) is 4.74 Å². The van der Waals surface area contributed by atoms with E-state index in [0.717, 1.165) is 32.7 Å². The molecule has 5 heteroatoms. The van der Waals surface area contributed by atoms with E-state index in [1.807, 2.05) is 0 Å². The maximum absolute atomic E-state index is 11.7. The molecule has 0 spiro atoms. The summed E-state index contributed by atoms with van der Waals surface area (Å²) in [7, 11) is 0. The Morgan fingerprint density at radius 3 is 2.94 bits per heavy atom. The lowest BCUT2D eigenvalue weighted by Gasteiger charge is -2.23. The van der Waals surface area contributed by atoms with Crippen molar-refractivity contribution in [1.82, 2.24) is 15.5 Å². The van der Waals surface area contributed by atoms with Crippen LogP contribution in [0.5, 0.6) is 0 Å². The van der Waals surface area contributed by atoms with E-state index in [-0.39, 0.29) is 11.9 Å². The van der Waals surface area contributed by atoms with Gasteiger partial charge in [0.05, 0.1) is 13.2 Å². The summed E-state index contributed by atoms with van der Waals surface area (Å²) in [4.78, 5) is 14.2. The van der Waals surface area contributed by atoms with Crippen LogP contribution in [0.3, 0.4) is 0 Å². The molecule has 2 aliphatic heterocycles. The van der Waals surface area contributed by atoms with Gasteiger partial charge in [0.25, 0.3) is 0 Å². The zero-order valence-electron chi connectivity index (χ0n) is 11.1. The molecule has 2 fully saturated rings. The fraction of sp³-hybridized carbons (Fsp3) is 0.923. The van der Waals surface area contributed by atoms with Crippen LogP contribution < -0.4 is 10.6 Å². The van der Waals surface area contributed by atoms with Crippen LogP contribution in [0, 0.1) is 0 Å². The molecule has 2 heterocycles. The highest BCUT2D eigenvalue weighted by Crippen LogP contribution is 2.06. The SMILES string of the molecule is O=C(CC1COCCN1)NCCCN1CCCC1. The van der Waals surface area contributed by atoms with Gasteiger partial charge in [-0.15, -0.1) is 0 Å². The average molecular weight is 255 g/mol. The predicted molar refractivity (Wildman–Crippen MR) is 70.5 cm³/mol.